The maximum atomic E-state index is 10.7. The lowest BCUT2D eigenvalue weighted by Gasteiger charge is -2.03. The Hall–Kier alpha value is -1.53. The number of amides is 1. The highest BCUT2D eigenvalue weighted by Crippen LogP contribution is 2.19. The van der Waals surface area contributed by atoms with Gasteiger partial charge in [-0.1, -0.05) is 11.6 Å². The van der Waals surface area contributed by atoms with Crippen molar-refractivity contribution in [1.29, 1.82) is 5.26 Å². The Labute approximate surface area is 80.9 Å². The summed E-state index contributed by atoms with van der Waals surface area (Å²) in [4.78, 5) is 10.7. The summed E-state index contributed by atoms with van der Waals surface area (Å²) in [7, 11) is 0. The Morgan fingerprint density at radius 2 is 2.31 bits per heavy atom. The van der Waals surface area contributed by atoms with Crippen LogP contribution in [0.15, 0.2) is 18.2 Å². The molecule has 1 amide bonds. The molecule has 0 saturated carbocycles. The number of benzene rings is 1. The molecule has 0 saturated heterocycles. The molecule has 0 aromatic heterocycles. The number of halogens is 1. The Bertz CT molecular complexity index is 382. The molecule has 1 rings (SSSR count). The number of carbonyl (C=O) groups is 1. The van der Waals surface area contributed by atoms with Crippen LogP contribution in [-0.2, 0) is 4.79 Å². The van der Waals surface area contributed by atoms with E-state index in [2.05, 4.69) is 5.32 Å². The topological polar surface area (TPSA) is 52.9 Å². The third kappa shape index (κ3) is 2.46. The predicted octanol–water partition coefficient (Wildman–Crippen LogP) is 2.17. The Morgan fingerprint density at radius 1 is 1.62 bits per heavy atom. The Balaban J connectivity index is 3.10. The molecule has 0 bridgehead atoms. The number of carbonyl (C=O) groups excluding carboxylic acids is 1. The van der Waals surface area contributed by atoms with Gasteiger partial charge in [-0.2, -0.15) is 5.26 Å². The van der Waals surface area contributed by atoms with Gasteiger partial charge in [0, 0.05) is 11.9 Å². The van der Waals surface area contributed by atoms with Crippen LogP contribution in [0.2, 0.25) is 5.02 Å². The quantitative estimate of drug-likeness (QED) is 0.745. The van der Waals surface area contributed by atoms with E-state index < -0.39 is 0 Å². The highest BCUT2D eigenvalue weighted by molar-refractivity contribution is 6.31. The van der Waals surface area contributed by atoms with Crippen LogP contribution in [0.3, 0.4) is 0 Å². The molecule has 1 N–H and O–H groups in total. The summed E-state index contributed by atoms with van der Waals surface area (Å²) >= 11 is 5.70. The van der Waals surface area contributed by atoms with Gasteiger partial charge in [0.1, 0.15) is 6.07 Å². The van der Waals surface area contributed by atoms with Crippen molar-refractivity contribution >= 4 is 23.2 Å². The molecule has 4 heteroatoms. The third-order valence-electron chi connectivity index (χ3n) is 1.41. The van der Waals surface area contributed by atoms with E-state index in [0.717, 1.165) is 0 Å². The maximum absolute atomic E-state index is 10.7. The monoisotopic (exact) mass is 194 g/mol. The molecular formula is C9H7ClN2O. The predicted molar refractivity (Wildman–Crippen MR) is 50.5 cm³/mol. The molecule has 1 aromatic rings. The van der Waals surface area contributed by atoms with Gasteiger partial charge in [-0.25, -0.2) is 0 Å². The van der Waals surface area contributed by atoms with Crippen molar-refractivity contribution in [3.63, 3.8) is 0 Å². The molecule has 0 heterocycles. The highest BCUT2D eigenvalue weighted by Gasteiger charge is 2.03. The zero-order valence-electron chi connectivity index (χ0n) is 6.97. The van der Waals surface area contributed by atoms with Gasteiger partial charge in [-0.3, -0.25) is 4.79 Å². The van der Waals surface area contributed by atoms with Crippen LogP contribution in [0.25, 0.3) is 0 Å². The minimum absolute atomic E-state index is 0.223. The van der Waals surface area contributed by atoms with Crippen molar-refractivity contribution in [1.82, 2.24) is 0 Å². The van der Waals surface area contributed by atoms with E-state index in [9.17, 15) is 4.79 Å². The first-order valence-electron chi connectivity index (χ1n) is 3.60. The summed E-state index contributed by atoms with van der Waals surface area (Å²) in [6.07, 6.45) is 0. The van der Waals surface area contributed by atoms with Gasteiger partial charge in [0.2, 0.25) is 5.91 Å². The number of hydrogen-bond acceptors (Lipinski definition) is 2. The molecular weight excluding hydrogens is 188 g/mol. The first-order chi connectivity index (χ1) is 6.13. The molecule has 0 aliphatic heterocycles. The van der Waals surface area contributed by atoms with Gasteiger partial charge in [0.15, 0.2) is 0 Å². The molecule has 0 atom stereocenters. The first kappa shape index (κ1) is 9.56. The minimum Gasteiger partial charge on any atom is -0.325 e. The first-order valence-corrected chi connectivity index (χ1v) is 3.98. The molecule has 1 aromatic carbocycles. The summed E-state index contributed by atoms with van der Waals surface area (Å²) in [6, 6.07) is 6.66. The number of nitriles is 1. The molecule has 3 nitrogen and oxygen atoms in total. The fourth-order valence-corrected chi connectivity index (χ4v) is 1.08. The fraction of sp³-hybridized carbons (Fsp3) is 0.111. The van der Waals surface area contributed by atoms with Gasteiger partial charge in [0.05, 0.1) is 11.3 Å². The average molecular weight is 195 g/mol. The lowest BCUT2D eigenvalue weighted by Crippen LogP contribution is -2.07. The number of hydrogen-bond donors (Lipinski definition) is 1. The average Bonchev–Trinajstić information content (AvgIpc) is 2.03. The van der Waals surface area contributed by atoms with Crippen molar-refractivity contribution in [2.24, 2.45) is 0 Å². The number of rotatable bonds is 1. The van der Waals surface area contributed by atoms with Crippen molar-refractivity contribution in [2.45, 2.75) is 6.92 Å². The van der Waals surface area contributed by atoms with Gasteiger partial charge >= 0.3 is 0 Å². The smallest absolute Gasteiger partial charge is 0.221 e. The van der Waals surface area contributed by atoms with E-state index in [4.69, 9.17) is 16.9 Å². The SMILES string of the molecule is CC(=O)Nc1cc(Cl)ccc1C#N. The molecule has 0 fully saturated rings. The zero-order chi connectivity index (χ0) is 9.84. The van der Waals surface area contributed by atoms with E-state index in [-0.39, 0.29) is 5.91 Å². The van der Waals surface area contributed by atoms with Gasteiger partial charge < -0.3 is 5.32 Å². The van der Waals surface area contributed by atoms with E-state index in [1.807, 2.05) is 6.07 Å². The summed E-state index contributed by atoms with van der Waals surface area (Å²) < 4.78 is 0. The zero-order valence-corrected chi connectivity index (χ0v) is 7.72. The van der Waals surface area contributed by atoms with Crippen LogP contribution in [0, 0.1) is 11.3 Å². The number of anilines is 1. The molecule has 0 aliphatic carbocycles. The van der Waals surface area contributed by atoms with Gasteiger partial charge in [-0.05, 0) is 18.2 Å². The largest absolute Gasteiger partial charge is 0.325 e. The lowest BCUT2D eigenvalue weighted by atomic mass is 10.2. The molecule has 0 radical (unpaired) electrons. The van der Waals surface area contributed by atoms with Crippen molar-refractivity contribution in [3.8, 4) is 6.07 Å². The molecule has 0 aliphatic rings. The second-order valence-corrected chi connectivity index (χ2v) is 2.92. The van der Waals surface area contributed by atoms with Crippen LogP contribution < -0.4 is 5.32 Å². The van der Waals surface area contributed by atoms with Crippen LogP contribution in [0.1, 0.15) is 12.5 Å². The van der Waals surface area contributed by atoms with E-state index in [1.165, 1.54) is 6.92 Å². The molecule has 0 spiro atoms. The van der Waals surface area contributed by atoms with Crippen LogP contribution >= 0.6 is 11.6 Å². The molecule has 13 heavy (non-hydrogen) atoms. The highest BCUT2D eigenvalue weighted by atomic mass is 35.5. The lowest BCUT2D eigenvalue weighted by molar-refractivity contribution is -0.114. The summed E-state index contributed by atoms with van der Waals surface area (Å²) in [5.74, 6) is -0.223. The Morgan fingerprint density at radius 3 is 2.85 bits per heavy atom. The summed E-state index contributed by atoms with van der Waals surface area (Å²) in [5, 5.41) is 11.7. The van der Waals surface area contributed by atoms with Crippen LogP contribution in [0.5, 0.6) is 0 Å². The fourth-order valence-electron chi connectivity index (χ4n) is 0.907. The Kier molecular flexibility index (Phi) is 2.88. The van der Waals surface area contributed by atoms with Gasteiger partial charge in [0.25, 0.3) is 0 Å². The summed E-state index contributed by atoms with van der Waals surface area (Å²) in [5.41, 5.74) is 0.849. The van der Waals surface area contributed by atoms with Crippen molar-refractivity contribution in [2.75, 3.05) is 5.32 Å². The minimum atomic E-state index is -0.223. The van der Waals surface area contributed by atoms with Crippen molar-refractivity contribution in [3.05, 3.63) is 28.8 Å². The second kappa shape index (κ2) is 3.92. The van der Waals surface area contributed by atoms with Crippen molar-refractivity contribution < 1.29 is 4.79 Å². The number of nitrogens with one attached hydrogen (secondary N) is 1. The van der Waals surface area contributed by atoms with Gasteiger partial charge in [-0.15, -0.1) is 0 Å². The number of nitrogens with zero attached hydrogens (tertiary/aromatic N) is 1. The van der Waals surface area contributed by atoms with Crippen LogP contribution in [-0.4, -0.2) is 5.91 Å². The van der Waals surface area contributed by atoms with E-state index in [0.29, 0.717) is 16.3 Å². The van der Waals surface area contributed by atoms with E-state index >= 15 is 0 Å². The molecule has 0 unspecified atom stereocenters. The maximum Gasteiger partial charge on any atom is 0.221 e. The third-order valence-corrected chi connectivity index (χ3v) is 1.65. The molecule has 66 valence electrons. The van der Waals surface area contributed by atoms with Crippen LogP contribution in [0.4, 0.5) is 5.69 Å². The second-order valence-electron chi connectivity index (χ2n) is 2.48. The summed E-state index contributed by atoms with van der Waals surface area (Å²) in [6.45, 7) is 1.38. The standard InChI is InChI=1S/C9H7ClN2O/c1-6(13)12-9-4-8(10)3-2-7(9)5-11/h2-4H,1H3,(H,12,13). The van der Waals surface area contributed by atoms with E-state index in [1.54, 1.807) is 18.2 Å². The normalized spacial score (nSPS) is 9.00.